The van der Waals surface area contributed by atoms with E-state index in [1.165, 1.54) is 19.3 Å². The minimum absolute atomic E-state index is 0.786. The summed E-state index contributed by atoms with van der Waals surface area (Å²) >= 11 is 0. The Hall–Kier alpha value is 0. The zero-order valence-electron chi connectivity index (χ0n) is 7.35. The molecule has 0 heteroatoms. The van der Waals surface area contributed by atoms with Crippen molar-refractivity contribution in [2.24, 2.45) is 23.2 Å². The van der Waals surface area contributed by atoms with E-state index in [1.807, 2.05) is 0 Å². The molecule has 10 heavy (non-hydrogen) atoms. The van der Waals surface area contributed by atoms with Gasteiger partial charge in [0.2, 0.25) is 0 Å². The highest BCUT2D eigenvalue weighted by atomic mass is 14.7. The van der Waals surface area contributed by atoms with Crippen molar-refractivity contribution in [1.82, 2.24) is 0 Å². The predicted octanol–water partition coefficient (Wildman–Crippen LogP) is 3.08. The summed E-state index contributed by atoms with van der Waals surface area (Å²) in [4.78, 5) is 0. The van der Waals surface area contributed by atoms with Gasteiger partial charge in [-0.25, -0.2) is 0 Å². The molecule has 0 nitrogen and oxygen atoms in total. The molecule has 0 saturated heterocycles. The van der Waals surface area contributed by atoms with Crippen molar-refractivity contribution in [2.45, 2.75) is 40.0 Å². The molecular weight excluding hydrogens is 120 g/mol. The summed E-state index contributed by atoms with van der Waals surface area (Å²) < 4.78 is 0. The van der Waals surface area contributed by atoms with Gasteiger partial charge >= 0.3 is 0 Å². The summed E-state index contributed by atoms with van der Waals surface area (Å²) in [5.41, 5.74) is 0.786. The molecule has 2 saturated carbocycles. The van der Waals surface area contributed by atoms with Crippen LogP contribution in [-0.2, 0) is 0 Å². The highest BCUT2D eigenvalue weighted by Crippen LogP contribution is 2.71. The molecule has 2 fully saturated rings. The molecule has 0 bridgehead atoms. The Kier molecular flexibility index (Phi) is 1.19. The van der Waals surface area contributed by atoms with Gasteiger partial charge in [0, 0.05) is 0 Å². The molecule has 58 valence electrons. The Labute approximate surface area is 64.0 Å². The van der Waals surface area contributed by atoms with Crippen molar-refractivity contribution in [2.75, 3.05) is 0 Å². The molecule has 2 aliphatic carbocycles. The van der Waals surface area contributed by atoms with Gasteiger partial charge in [-0.05, 0) is 36.0 Å². The Bertz CT molecular complexity index is 150. The van der Waals surface area contributed by atoms with E-state index in [2.05, 4.69) is 20.8 Å². The minimum atomic E-state index is 0.786. The smallest absolute Gasteiger partial charge is 0.0238 e. The lowest BCUT2D eigenvalue weighted by molar-refractivity contribution is 0.317. The van der Waals surface area contributed by atoms with E-state index in [-0.39, 0.29) is 0 Å². The third kappa shape index (κ3) is 0.538. The first kappa shape index (κ1) is 6.69. The third-order valence-electron chi connectivity index (χ3n) is 4.47. The Morgan fingerprint density at radius 3 is 2.40 bits per heavy atom. The van der Waals surface area contributed by atoms with E-state index in [1.54, 1.807) is 0 Å². The first-order valence-corrected chi connectivity index (χ1v) is 4.71. The van der Waals surface area contributed by atoms with E-state index in [0.29, 0.717) is 0 Å². The van der Waals surface area contributed by atoms with Crippen molar-refractivity contribution in [3.05, 3.63) is 0 Å². The van der Waals surface area contributed by atoms with Crippen molar-refractivity contribution in [1.29, 1.82) is 0 Å². The first-order chi connectivity index (χ1) is 4.71. The minimum Gasteiger partial charge on any atom is -0.0651 e. The van der Waals surface area contributed by atoms with E-state index in [4.69, 9.17) is 0 Å². The summed E-state index contributed by atoms with van der Waals surface area (Å²) in [6.07, 6.45) is 4.45. The van der Waals surface area contributed by atoms with Crippen LogP contribution in [0.1, 0.15) is 40.0 Å². The standard InChI is InChI=1S/C10H18/c1-4-8-5-6-9-7(2)10(8,9)3/h7-9H,4-6H2,1-3H3. The summed E-state index contributed by atoms with van der Waals surface area (Å²) in [7, 11) is 0. The highest BCUT2D eigenvalue weighted by Gasteiger charge is 2.64. The molecule has 0 aliphatic heterocycles. The fourth-order valence-electron chi connectivity index (χ4n) is 3.43. The predicted molar refractivity (Wildman–Crippen MR) is 43.8 cm³/mol. The van der Waals surface area contributed by atoms with E-state index in [0.717, 1.165) is 23.2 Å². The summed E-state index contributed by atoms with van der Waals surface area (Å²) in [6, 6.07) is 0. The monoisotopic (exact) mass is 138 g/mol. The quantitative estimate of drug-likeness (QED) is 0.522. The number of hydrogen-bond donors (Lipinski definition) is 0. The van der Waals surface area contributed by atoms with Crippen LogP contribution >= 0.6 is 0 Å². The second-order valence-corrected chi connectivity index (χ2v) is 4.44. The first-order valence-electron chi connectivity index (χ1n) is 4.71. The third-order valence-corrected chi connectivity index (χ3v) is 4.47. The van der Waals surface area contributed by atoms with Gasteiger partial charge in [-0.1, -0.05) is 27.2 Å². The van der Waals surface area contributed by atoms with Crippen LogP contribution in [0, 0.1) is 23.2 Å². The Balaban J connectivity index is 2.14. The van der Waals surface area contributed by atoms with Crippen LogP contribution in [-0.4, -0.2) is 0 Å². The molecule has 0 radical (unpaired) electrons. The number of fused-ring (bicyclic) bond motifs is 1. The van der Waals surface area contributed by atoms with E-state index in [9.17, 15) is 0 Å². The molecule has 2 rings (SSSR count). The van der Waals surface area contributed by atoms with Crippen molar-refractivity contribution >= 4 is 0 Å². The van der Waals surface area contributed by atoms with Gasteiger partial charge in [-0.15, -0.1) is 0 Å². The van der Waals surface area contributed by atoms with Crippen LogP contribution < -0.4 is 0 Å². The van der Waals surface area contributed by atoms with Crippen molar-refractivity contribution < 1.29 is 0 Å². The lowest BCUT2D eigenvalue weighted by Gasteiger charge is -2.18. The van der Waals surface area contributed by atoms with Gasteiger partial charge in [-0.2, -0.15) is 0 Å². The Morgan fingerprint density at radius 2 is 2.10 bits per heavy atom. The van der Waals surface area contributed by atoms with Crippen LogP contribution in [0.25, 0.3) is 0 Å². The maximum absolute atomic E-state index is 2.50. The van der Waals surface area contributed by atoms with Crippen LogP contribution in [0.3, 0.4) is 0 Å². The molecular formula is C10H18. The normalized spacial score (nSPS) is 58.5. The maximum atomic E-state index is 2.50. The van der Waals surface area contributed by atoms with Gasteiger partial charge in [-0.3, -0.25) is 0 Å². The van der Waals surface area contributed by atoms with E-state index >= 15 is 0 Å². The zero-order valence-corrected chi connectivity index (χ0v) is 7.35. The van der Waals surface area contributed by atoms with Gasteiger partial charge < -0.3 is 0 Å². The fourth-order valence-corrected chi connectivity index (χ4v) is 3.43. The second kappa shape index (κ2) is 1.78. The molecule has 4 unspecified atom stereocenters. The molecule has 4 atom stereocenters. The van der Waals surface area contributed by atoms with E-state index < -0.39 is 0 Å². The number of hydrogen-bond acceptors (Lipinski definition) is 0. The molecule has 2 aliphatic rings. The molecule has 0 aromatic heterocycles. The number of rotatable bonds is 1. The fraction of sp³-hybridized carbons (Fsp3) is 1.00. The van der Waals surface area contributed by atoms with Crippen molar-refractivity contribution in [3.63, 3.8) is 0 Å². The molecule has 0 heterocycles. The second-order valence-electron chi connectivity index (χ2n) is 4.44. The van der Waals surface area contributed by atoms with Gasteiger partial charge in [0.15, 0.2) is 0 Å². The molecule has 0 aromatic carbocycles. The highest BCUT2D eigenvalue weighted by molar-refractivity contribution is 5.12. The molecule has 0 N–H and O–H groups in total. The summed E-state index contributed by atoms with van der Waals surface area (Å²) in [6.45, 7) is 7.29. The SMILES string of the molecule is CCC1CCC2C(C)C12C. The molecule has 0 aromatic rings. The van der Waals surface area contributed by atoms with Crippen LogP contribution in [0.4, 0.5) is 0 Å². The Morgan fingerprint density at radius 1 is 1.40 bits per heavy atom. The van der Waals surface area contributed by atoms with Gasteiger partial charge in [0.25, 0.3) is 0 Å². The molecule has 0 spiro atoms. The molecule has 0 amide bonds. The van der Waals surface area contributed by atoms with Crippen LogP contribution in [0.2, 0.25) is 0 Å². The largest absolute Gasteiger partial charge is 0.0651 e. The maximum Gasteiger partial charge on any atom is -0.0238 e. The zero-order chi connectivity index (χ0) is 7.35. The average molecular weight is 138 g/mol. The average Bonchev–Trinajstić information content (AvgIpc) is 2.36. The summed E-state index contributed by atoms with van der Waals surface area (Å²) in [5, 5.41) is 0. The topological polar surface area (TPSA) is 0 Å². The van der Waals surface area contributed by atoms with Crippen molar-refractivity contribution in [3.8, 4) is 0 Å². The van der Waals surface area contributed by atoms with Crippen LogP contribution in [0.15, 0.2) is 0 Å². The van der Waals surface area contributed by atoms with Gasteiger partial charge in [0.1, 0.15) is 0 Å². The lowest BCUT2D eigenvalue weighted by Crippen LogP contribution is -2.09. The summed E-state index contributed by atoms with van der Waals surface area (Å²) in [5.74, 6) is 3.22. The lowest BCUT2D eigenvalue weighted by atomic mass is 9.87. The van der Waals surface area contributed by atoms with Crippen LogP contribution in [0.5, 0.6) is 0 Å². The van der Waals surface area contributed by atoms with Gasteiger partial charge in [0.05, 0.1) is 0 Å².